The lowest BCUT2D eigenvalue weighted by atomic mass is 9.83. The molecule has 0 aromatic heterocycles. The van der Waals surface area contributed by atoms with Crippen LogP contribution in [-0.2, 0) is 0 Å². The first kappa shape index (κ1) is 12.4. The molecule has 0 spiro atoms. The number of aryl methyl sites for hydroxylation is 2. The maximum atomic E-state index is 3.68. The fourth-order valence-electron chi connectivity index (χ4n) is 3.44. The Balaban J connectivity index is 2.00. The van der Waals surface area contributed by atoms with E-state index in [1.807, 2.05) is 0 Å². The van der Waals surface area contributed by atoms with Gasteiger partial charge in [-0.25, -0.2) is 0 Å². The van der Waals surface area contributed by atoms with E-state index in [0.29, 0.717) is 12.0 Å². The van der Waals surface area contributed by atoms with Crippen molar-refractivity contribution in [3.8, 4) is 0 Å². The first-order chi connectivity index (χ1) is 9.27. The minimum absolute atomic E-state index is 0.459. The van der Waals surface area contributed by atoms with Gasteiger partial charge in [0.05, 0.1) is 0 Å². The second kappa shape index (κ2) is 5.18. The fourth-order valence-corrected chi connectivity index (χ4v) is 3.44. The van der Waals surface area contributed by atoms with Gasteiger partial charge in [-0.3, -0.25) is 0 Å². The van der Waals surface area contributed by atoms with Crippen molar-refractivity contribution in [3.63, 3.8) is 0 Å². The number of hydrogen-bond acceptors (Lipinski definition) is 1. The molecule has 1 fully saturated rings. The molecule has 2 aromatic carbocycles. The fraction of sp³-hybridized carbons (Fsp3) is 0.333. The van der Waals surface area contributed by atoms with Gasteiger partial charge in [0, 0.05) is 12.0 Å². The Morgan fingerprint density at radius 2 is 1.58 bits per heavy atom. The first-order valence-electron chi connectivity index (χ1n) is 7.12. The van der Waals surface area contributed by atoms with E-state index in [2.05, 4.69) is 67.7 Å². The number of hydrogen-bond donors (Lipinski definition) is 1. The van der Waals surface area contributed by atoms with Gasteiger partial charge in [-0.15, -0.1) is 0 Å². The van der Waals surface area contributed by atoms with Gasteiger partial charge in [0.15, 0.2) is 0 Å². The Morgan fingerprint density at radius 3 is 2.26 bits per heavy atom. The van der Waals surface area contributed by atoms with Crippen LogP contribution in [0.15, 0.2) is 48.5 Å². The molecule has 2 atom stereocenters. The summed E-state index contributed by atoms with van der Waals surface area (Å²) in [5, 5.41) is 3.68. The van der Waals surface area contributed by atoms with Crippen LogP contribution in [0.3, 0.4) is 0 Å². The minimum Gasteiger partial charge on any atom is -0.309 e. The third-order valence-corrected chi connectivity index (χ3v) is 4.29. The molecular formula is C18H21N. The number of rotatable bonds is 2. The average Bonchev–Trinajstić information content (AvgIpc) is 2.89. The largest absolute Gasteiger partial charge is 0.309 e. The van der Waals surface area contributed by atoms with Crippen LogP contribution >= 0.6 is 0 Å². The molecule has 2 aromatic rings. The molecule has 1 aliphatic rings. The molecule has 1 nitrogen and oxygen atoms in total. The van der Waals surface area contributed by atoms with Gasteiger partial charge in [-0.2, -0.15) is 0 Å². The van der Waals surface area contributed by atoms with E-state index in [4.69, 9.17) is 0 Å². The lowest BCUT2D eigenvalue weighted by Gasteiger charge is -2.24. The van der Waals surface area contributed by atoms with E-state index < -0.39 is 0 Å². The van der Waals surface area contributed by atoms with Gasteiger partial charge in [0.2, 0.25) is 0 Å². The van der Waals surface area contributed by atoms with E-state index in [0.717, 1.165) is 6.54 Å². The maximum Gasteiger partial charge on any atom is 0.0390 e. The normalized spacial score (nSPS) is 22.6. The van der Waals surface area contributed by atoms with Gasteiger partial charge in [0.1, 0.15) is 0 Å². The molecule has 1 saturated heterocycles. The van der Waals surface area contributed by atoms with Crippen molar-refractivity contribution in [1.82, 2.24) is 5.32 Å². The third kappa shape index (κ3) is 2.31. The van der Waals surface area contributed by atoms with Crippen LogP contribution in [0.2, 0.25) is 0 Å². The predicted octanol–water partition coefficient (Wildman–Crippen LogP) is 4.12. The second-order valence-electron chi connectivity index (χ2n) is 5.54. The molecule has 0 radical (unpaired) electrons. The maximum absolute atomic E-state index is 3.68. The number of nitrogens with one attached hydrogen (secondary N) is 1. The molecule has 1 heterocycles. The summed E-state index contributed by atoms with van der Waals surface area (Å²) in [7, 11) is 0. The van der Waals surface area contributed by atoms with Crippen LogP contribution < -0.4 is 5.32 Å². The summed E-state index contributed by atoms with van der Waals surface area (Å²) in [5.74, 6) is 0.601. The molecule has 0 saturated carbocycles. The Kier molecular flexibility index (Phi) is 3.39. The SMILES string of the molecule is Cc1cccc(C)c1C1CCNC1c1ccccc1. The van der Waals surface area contributed by atoms with Crippen molar-refractivity contribution in [2.75, 3.05) is 6.54 Å². The molecule has 1 N–H and O–H groups in total. The molecule has 2 unspecified atom stereocenters. The molecule has 98 valence electrons. The van der Waals surface area contributed by atoms with E-state index in [-0.39, 0.29) is 0 Å². The van der Waals surface area contributed by atoms with Crippen molar-refractivity contribution < 1.29 is 0 Å². The molecule has 0 aliphatic carbocycles. The molecule has 0 amide bonds. The van der Waals surface area contributed by atoms with Gasteiger partial charge in [0.25, 0.3) is 0 Å². The zero-order valence-corrected chi connectivity index (χ0v) is 11.7. The summed E-state index contributed by atoms with van der Waals surface area (Å²) in [6, 6.07) is 17.9. The third-order valence-electron chi connectivity index (χ3n) is 4.29. The average molecular weight is 251 g/mol. The molecule has 19 heavy (non-hydrogen) atoms. The topological polar surface area (TPSA) is 12.0 Å². The lowest BCUT2D eigenvalue weighted by Crippen LogP contribution is -2.17. The minimum atomic E-state index is 0.459. The van der Waals surface area contributed by atoms with Crippen molar-refractivity contribution >= 4 is 0 Å². The summed E-state index contributed by atoms with van der Waals surface area (Å²) in [4.78, 5) is 0. The van der Waals surface area contributed by atoms with Crippen molar-refractivity contribution in [2.45, 2.75) is 32.2 Å². The van der Waals surface area contributed by atoms with Crippen molar-refractivity contribution in [3.05, 3.63) is 70.8 Å². The van der Waals surface area contributed by atoms with Crippen molar-refractivity contribution in [2.24, 2.45) is 0 Å². The van der Waals surface area contributed by atoms with Crippen LogP contribution in [0.25, 0.3) is 0 Å². The zero-order chi connectivity index (χ0) is 13.2. The van der Waals surface area contributed by atoms with E-state index in [1.54, 1.807) is 5.56 Å². The van der Waals surface area contributed by atoms with E-state index >= 15 is 0 Å². The Labute approximate surface area is 115 Å². The summed E-state index contributed by atoms with van der Waals surface area (Å²) in [5.41, 5.74) is 5.80. The molecule has 0 bridgehead atoms. The highest BCUT2D eigenvalue weighted by Gasteiger charge is 2.30. The van der Waals surface area contributed by atoms with E-state index in [9.17, 15) is 0 Å². The van der Waals surface area contributed by atoms with Crippen LogP contribution in [0.1, 0.15) is 40.6 Å². The summed E-state index contributed by atoms with van der Waals surface area (Å²) in [6.07, 6.45) is 1.23. The molecule has 1 aliphatic heterocycles. The molecular weight excluding hydrogens is 230 g/mol. The summed E-state index contributed by atoms with van der Waals surface area (Å²) < 4.78 is 0. The lowest BCUT2D eigenvalue weighted by molar-refractivity contribution is 0.573. The van der Waals surface area contributed by atoms with Gasteiger partial charge in [-0.05, 0) is 49.1 Å². The standard InChI is InChI=1S/C18H21N/c1-13-7-6-8-14(2)17(13)16-11-12-19-18(16)15-9-4-3-5-10-15/h3-10,16,18-19H,11-12H2,1-2H3. The van der Waals surface area contributed by atoms with Gasteiger partial charge < -0.3 is 5.32 Å². The van der Waals surface area contributed by atoms with Crippen LogP contribution in [0.4, 0.5) is 0 Å². The highest BCUT2D eigenvalue weighted by Crippen LogP contribution is 2.40. The van der Waals surface area contributed by atoms with Crippen LogP contribution in [0.5, 0.6) is 0 Å². The monoisotopic (exact) mass is 251 g/mol. The Morgan fingerprint density at radius 1 is 0.895 bits per heavy atom. The molecule has 1 heteroatoms. The number of benzene rings is 2. The molecule has 3 rings (SSSR count). The van der Waals surface area contributed by atoms with Crippen LogP contribution in [0, 0.1) is 13.8 Å². The zero-order valence-electron chi connectivity index (χ0n) is 11.7. The summed E-state index contributed by atoms with van der Waals surface area (Å²) in [6.45, 7) is 5.59. The van der Waals surface area contributed by atoms with Crippen molar-refractivity contribution in [1.29, 1.82) is 0 Å². The predicted molar refractivity (Wildman–Crippen MR) is 80.5 cm³/mol. The highest BCUT2D eigenvalue weighted by atomic mass is 15.0. The van der Waals surface area contributed by atoms with Gasteiger partial charge in [-0.1, -0.05) is 48.5 Å². The Hall–Kier alpha value is -1.60. The first-order valence-corrected chi connectivity index (χ1v) is 7.12. The second-order valence-corrected chi connectivity index (χ2v) is 5.54. The quantitative estimate of drug-likeness (QED) is 0.846. The van der Waals surface area contributed by atoms with Gasteiger partial charge >= 0.3 is 0 Å². The van der Waals surface area contributed by atoms with E-state index in [1.165, 1.54) is 23.1 Å². The summed E-state index contributed by atoms with van der Waals surface area (Å²) >= 11 is 0. The smallest absolute Gasteiger partial charge is 0.0390 e. The van der Waals surface area contributed by atoms with Crippen LogP contribution in [-0.4, -0.2) is 6.54 Å². The Bertz CT molecular complexity index is 539. The highest BCUT2D eigenvalue weighted by molar-refractivity contribution is 5.40.